The van der Waals surface area contributed by atoms with Crippen LogP contribution in [0.25, 0.3) is 0 Å². The number of unbranched alkanes of at least 4 members (excludes halogenated alkanes) is 8. The first-order valence-corrected chi connectivity index (χ1v) is 12.1. The molecule has 0 aliphatic carbocycles. The zero-order valence-electron chi connectivity index (χ0n) is 16.3. The van der Waals surface area contributed by atoms with E-state index >= 15 is 0 Å². The molecule has 0 saturated carbocycles. The molecule has 3 nitrogen and oxygen atoms in total. The molecule has 24 heavy (non-hydrogen) atoms. The third-order valence-electron chi connectivity index (χ3n) is 5.36. The Morgan fingerprint density at radius 1 is 0.708 bits per heavy atom. The lowest BCUT2D eigenvalue weighted by atomic mass is 10.0. The smallest absolute Gasteiger partial charge is 0.212 e. The molecule has 144 valence electrons. The average molecular weight is 360 g/mol. The van der Waals surface area contributed by atoms with Gasteiger partial charge in [0, 0.05) is 13.1 Å². The van der Waals surface area contributed by atoms with Gasteiger partial charge in [0.05, 0.1) is 5.25 Å². The van der Waals surface area contributed by atoms with Gasteiger partial charge >= 0.3 is 0 Å². The van der Waals surface area contributed by atoms with Crippen LogP contribution in [0.15, 0.2) is 0 Å². The van der Waals surface area contributed by atoms with E-state index in [4.69, 9.17) is 0 Å². The van der Waals surface area contributed by atoms with Crippen LogP contribution in [0.2, 0.25) is 0 Å². The second kappa shape index (κ2) is 13.2. The van der Waals surface area contributed by atoms with Crippen LogP contribution in [0.1, 0.15) is 110 Å². The number of hydrogen-bond donors (Lipinski definition) is 0. The Labute approximate surface area is 151 Å². The molecular formula is C20H41NO2S. The predicted molar refractivity (Wildman–Crippen MR) is 105 cm³/mol. The van der Waals surface area contributed by atoms with Gasteiger partial charge < -0.3 is 0 Å². The molecule has 4 heteroatoms. The zero-order chi connectivity index (χ0) is 17.7. The molecule has 0 amide bonds. The quantitative estimate of drug-likeness (QED) is 0.362. The van der Waals surface area contributed by atoms with E-state index in [0.717, 1.165) is 51.6 Å². The molecule has 0 N–H and O–H groups in total. The van der Waals surface area contributed by atoms with E-state index in [1.165, 1.54) is 57.8 Å². The monoisotopic (exact) mass is 359 g/mol. The molecule has 1 saturated heterocycles. The van der Waals surface area contributed by atoms with Crippen LogP contribution in [0.5, 0.6) is 0 Å². The van der Waals surface area contributed by atoms with Gasteiger partial charge in [0.25, 0.3) is 0 Å². The summed E-state index contributed by atoms with van der Waals surface area (Å²) < 4.78 is 27.9. The van der Waals surface area contributed by atoms with Gasteiger partial charge in [-0.25, -0.2) is 12.7 Å². The predicted octanol–water partition coefficient (Wildman–Crippen LogP) is 5.89. The van der Waals surface area contributed by atoms with Crippen molar-refractivity contribution < 1.29 is 8.42 Å². The lowest BCUT2D eigenvalue weighted by Gasteiger charge is -2.30. The van der Waals surface area contributed by atoms with Crippen molar-refractivity contribution in [3.05, 3.63) is 0 Å². The summed E-state index contributed by atoms with van der Waals surface area (Å²) in [5, 5.41) is -0.126. The van der Waals surface area contributed by atoms with Crippen LogP contribution in [-0.2, 0) is 10.0 Å². The summed E-state index contributed by atoms with van der Waals surface area (Å²) in [6.07, 6.45) is 17.1. The Morgan fingerprint density at radius 2 is 1.17 bits per heavy atom. The molecule has 1 fully saturated rings. The Kier molecular flexibility index (Phi) is 12.0. The third kappa shape index (κ3) is 8.33. The molecule has 0 aromatic carbocycles. The fourth-order valence-corrected chi connectivity index (χ4v) is 5.84. The molecule has 0 spiro atoms. The van der Waals surface area contributed by atoms with Crippen molar-refractivity contribution in [3.8, 4) is 0 Å². The minimum atomic E-state index is -3.08. The maximum Gasteiger partial charge on any atom is 0.216 e. The molecule has 1 heterocycles. The number of sulfonamides is 1. The molecular weight excluding hydrogens is 318 g/mol. The highest BCUT2D eigenvalue weighted by Gasteiger charge is 2.31. The topological polar surface area (TPSA) is 37.4 Å². The lowest BCUT2D eigenvalue weighted by Crippen LogP contribution is -2.41. The number of piperidine rings is 1. The Bertz CT molecular complexity index is 374. The van der Waals surface area contributed by atoms with E-state index in [-0.39, 0.29) is 5.25 Å². The van der Waals surface area contributed by atoms with Crippen molar-refractivity contribution in [1.29, 1.82) is 0 Å². The van der Waals surface area contributed by atoms with Gasteiger partial charge in [-0.1, -0.05) is 84.5 Å². The van der Waals surface area contributed by atoms with Crippen LogP contribution in [0, 0.1) is 0 Å². The van der Waals surface area contributed by atoms with Crippen LogP contribution in [-0.4, -0.2) is 31.1 Å². The summed E-state index contributed by atoms with van der Waals surface area (Å²) in [6, 6.07) is 0. The van der Waals surface area contributed by atoms with E-state index < -0.39 is 10.0 Å². The number of rotatable bonds is 14. The van der Waals surface area contributed by atoms with Gasteiger partial charge in [-0.2, -0.15) is 0 Å². The Morgan fingerprint density at radius 3 is 1.62 bits per heavy atom. The maximum atomic E-state index is 13.1. The Hall–Kier alpha value is -0.0900. The van der Waals surface area contributed by atoms with Crippen molar-refractivity contribution in [2.75, 3.05) is 13.1 Å². The standard InChI is InChI=1S/C20H41NO2S/c1-3-5-7-9-12-16-20(17-13-10-8-6-4-2)24(22,23)21-18-14-11-15-19-21/h20H,3-19H2,1-2H3. The highest BCUT2D eigenvalue weighted by molar-refractivity contribution is 7.89. The van der Waals surface area contributed by atoms with Gasteiger partial charge in [0.2, 0.25) is 10.0 Å². The van der Waals surface area contributed by atoms with Crippen LogP contribution < -0.4 is 0 Å². The van der Waals surface area contributed by atoms with Gasteiger partial charge in [0.1, 0.15) is 0 Å². The molecule has 0 aromatic rings. The number of hydrogen-bond acceptors (Lipinski definition) is 2. The second-order valence-corrected chi connectivity index (χ2v) is 9.75. The van der Waals surface area contributed by atoms with Crippen LogP contribution in [0.4, 0.5) is 0 Å². The molecule has 1 aliphatic rings. The lowest BCUT2D eigenvalue weighted by molar-refractivity contribution is 0.338. The average Bonchev–Trinajstić information content (AvgIpc) is 2.60. The van der Waals surface area contributed by atoms with E-state index in [2.05, 4.69) is 13.8 Å². The van der Waals surface area contributed by atoms with Crippen molar-refractivity contribution in [1.82, 2.24) is 4.31 Å². The fourth-order valence-electron chi connectivity index (χ4n) is 3.72. The van der Waals surface area contributed by atoms with Gasteiger partial charge in [0.15, 0.2) is 0 Å². The van der Waals surface area contributed by atoms with E-state index in [0.29, 0.717) is 0 Å². The molecule has 0 aromatic heterocycles. The summed E-state index contributed by atoms with van der Waals surface area (Å²) in [5.74, 6) is 0. The molecule has 0 radical (unpaired) electrons. The maximum absolute atomic E-state index is 13.1. The molecule has 1 rings (SSSR count). The second-order valence-electron chi connectivity index (χ2n) is 7.53. The summed E-state index contributed by atoms with van der Waals surface area (Å²) >= 11 is 0. The molecule has 0 atom stereocenters. The minimum Gasteiger partial charge on any atom is -0.212 e. The van der Waals surface area contributed by atoms with Crippen molar-refractivity contribution >= 4 is 10.0 Å². The summed E-state index contributed by atoms with van der Waals surface area (Å²) in [7, 11) is -3.08. The van der Waals surface area contributed by atoms with Crippen molar-refractivity contribution in [2.45, 2.75) is 115 Å². The van der Waals surface area contributed by atoms with Gasteiger partial charge in [-0.15, -0.1) is 0 Å². The normalized spacial score (nSPS) is 16.8. The third-order valence-corrected chi connectivity index (χ3v) is 7.75. The summed E-state index contributed by atoms with van der Waals surface area (Å²) in [5.41, 5.74) is 0. The van der Waals surface area contributed by atoms with Crippen LogP contribution >= 0.6 is 0 Å². The summed E-state index contributed by atoms with van der Waals surface area (Å²) in [4.78, 5) is 0. The largest absolute Gasteiger partial charge is 0.216 e. The van der Waals surface area contributed by atoms with Crippen molar-refractivity contribution in [2.24, 2.45) is 0 Å². The molecule has 0 bridgehead atoms. The molecule has 0 unspecified atom stereocenters. The Balaban J connectivity index is 2.50. The number of nitrogens with zero attached hydrogens (tertiary/aromatic N) is 1. The van der Waals surface area contributed by atoms with Gasteiger partial charge in [-0.3, -0.25) is 0 Å². The molecule has 1 aliphatic heterocycles. The van der Waals surface area contributed by atoms with E-state index in [1.54, 1.807) is 4.31 Å². The van der Waals surface area contributed by atoms with Gasteiger partial charge in [-0.05, 0) is 25.7 Å². The highest BCUT2D eigenvalue weighted by Crippen LogP contribution is 2.24. The van der Waals surface area contributed by atoms with Crippen LogP contribution in [0.3, 0.4) is 0 Å². The minimum absolute atomic E-state index is 0.126. The zero-order valence-corrected chi connectivity index (χ0v) is 17.1. The SMILES string of the molecule is CCCCCCCC(CCCCCCC)S(=O)(=O)N1CCCCC1. The highest BCUT2D eigenvalue weighted by atomic mass is 32.2. The van der Waals surface area contributed by atoms with E-state index in [1.807, 2.05) is 0 Å². The fraction of sp³-hybridized carbons (Fsp3) is 1.00. The van der Waals surface area contributed by atoms with Crippen molar-refractivity contribution in [3.63, 3.8) is 0 Å². The summed E-state index contributed by atoms with van der Waals surface area (Å²) in [6.45, 7) is 5.95. The first-order chi connectivity index (χ1) is 11.6. The first-order valence-electron chi connectivity index (χ1n) is 10.6. The first kappa shape index (κ1) is 22.0. The van der Waals surface area contributed by atoms with E-state index in [9.17, 15) is 8.42 Å².